The molecule has 86 valence electrons. The summed E-state index contributed by atoms with van der Waals surface area (Å²) in [7, 11) is 0. The van der Waals surface area contributed by atoms with Gasteiger partial charge in [-0.2, -0.15) is 0 Å². The van der Waals surface area contributed by atoms with Crippen molar-refractivity contribution < 1.29 is 0 Å². The van der Waals surface area contributed by atoms with Crippen LogP contribution >= 0.6 is 11.3 Å². The molecule has 0 unspecified atom stereocenters. The Morgan fingerprint density at radius 3 is 3.00 bits per heavy atom. The largest absolute Gasteiger partial charge is 0.294 e. The molecule has 0 aromatic carbocycles. The zero-order chi connectivity index (χ0) is 11.4. The molecule has 1 aromatic heterocycles. The second-order valence-corrected chi connectivity index (χ2v) is 5.32. The summed E-state index contributed by atoms with van der Waals surface area (Å²) in [6, 6.07) is 4.60. The lowest BCUT2D eigenvalue weighted by Crippen LogP contribution is -2.09. The first-order chi connectivity index (χ1) is 7.75. The quantitative estimate of drug-likeness (QED) is 0.712. The molecule has 3 heteroatoms. The van der Waals surface area contributed by atoms with Crippen LogP contribution in [0.15, 0.2) is 27.5 Å². The molecule has 16 heavy (non-hydrogen) atoms. The van der Waals surface area contributed by atoms with Crippen molar-refractivity contribution in [2.75, 3.05) is 6.54 Å². The van der Waals surface area contributed by atoms with Gasteiger partial charge in [-0.05, 0) is 38.1 Å². The maximum Gasteiger partial charge on any atom is 0.0579 e. The molecule has 0 aliphatic carbocycles. The van der Waals surface area contributed by atoms with Crippen molar-refractivity contribution in [3.63, 3.8) is 0 Å². The number of nitrogens with zero attached hydrogens (tertiary/aromatic N) is 2. The molecule has 0 bridgehead atoms. The molecule has 0 atom stereocenters. The minimum atomic E-state index is 0.360. The lowest BCUT2D eigenvalue weighted by Gasteiger charge is -2.06. The van der Waals surface area contributed by atoms with E-state index in [9.17, 15) is 0 Å². The topological polar surface area (TPSA) is 24.7 Å². The van der Waals surface area contributed by atoms with Crippen molar-refractivity contribution in [2.24, 2.45) is 9.98 Å². The molecule has 1 aromatic rings. The van der Waals surface area contributed by atoms with E-state index in [4.69, 9.17) is 4.99 Å². The Bertz CT molecular complexity index is 388. The number of thiophene rings is 1. The van der Waals surface area contributed by atoms with E-state index in [-0.39, 0.29) is 0 Å². The number of aliphatic imine (C=N–C) groups is 2. The Kier molecular flexibility index (Phi) is 3.88. The van der Waals surface area contributed by atoms with E-state index in [2.05, 4.69) is 36.4 Å². The van der Waals surface area contributed by atoms with Gasteiger partial charge in [-0.3, -0.25) is 9.98 Å². The molecular formula is C13H18N2S. The monoisotopic (exact) mass is 234 g/mol. The van der Waals surface area contributed by atoms with Crippen molar-refractivity contribution in [1.82, 2.24) is 0 Å². The van der Waals surface area contributed by atoms with Crippen LogP contribution in [0, 0.1) is 0 Å². The van der Waals surface area contributed by atoms with Gasteiger partial charge in [0.1, 0.15) is 0 Å². The maximum atomic E-state index is 4.73. The van der Waals surface area contributed by atoms with Gasteiger partial charge in [0, 0.05) is 29.6 Å². The summed E-state index contributed by atoms with van der Waals surface area (Å²) in [6.45, 7) is 5.27. The minimum absolute atomic E-state index is 0.360. The Morgan fingerprint density at radius 1 is 1.56 bits per heavy atom. The Balaban J connectivity index is 2.15. The smallest absolute Gasteiger partial charge is 0.0579 e. The molecule has 1 aliphatic rings. The van der Waals surface area contributed by atoms with Gasteiger partial charge < -0.3 is 0 Å². The molecule has 0 radical (unpaired) electrons. The van der Waals surface area contributed by atoms with Gasteiger partial charge in [-0.15, -0.1) is 11.3 Å². The summed E-state index contributed by atoms with van der Waals surface area (Å²) in [5.74, 6) is 0. The zero-order valence-electron chi connectivity index (χ0n) is 9.94. The second-order valence-electron chi connectivity index (χ2n) is 4.38. The van der Waals surface area contributed by atoms with Crippen LogP contribution < -0.4 is 0 Å². The summed E-state index contributed by atoms with van der Waals surface area (Å²) in [5.41, 5.74) is 2.54. The van der Waals surface area contributed by atoms with Crippen molar-refractivity contribution in [3.05, 3.63) is 22.4 Å². The number of hydrogen-bond donors (Lipinski definition) is 0. The predicted octanol–water partition coefficient (Wildman–Crippen LogP) is 3.57. The van der Waals surface area contributed by atoms with Crippen molar-refractivity contribution in [3.8, 4) is 0 Å². The molecule has 2 heterocycles. The van der Waals surface area contributed by atoms with Gasteiger partial charge in [0.05, 0.1) is 5.71 Å². The third kappa shape index (κ3) is 3.01. The lowest BCUT2D eigenvalue weighted by atomic mass is 10.1. The molecule has 0 N–H and O–H groups in total. The first kappa shape index (κ1) is 11.5. The van der Waals surface area contributed by atoms with Crippen LogP contribution in [0.25, 0.3) is 0 Å². The molecule has 1 aliphatic heterocycles. The van der Waals surface area contributed by atoms with Gasteiger partial charge >= 0.3 is 0 Å². The van der Waals surface area contributed by atoms with E-state index in [1.165, 1.54) is 22.7 Å². The zero-order valence-corrected chi connectivity index (χ0v) is 10.8. The summed E-state index contributed by atoms with van der Waals surface area (Å²) < 4.78 is 0. The normalized spacial score (nSPS) is 16.9. The van der Waals surface area contributed by atoms with E-state index in [1.807, 2.05) is 0 Å². The second kappa shape index (κ2) is 5.39. The first-order valence-corrected chi connectivity index (χ1v) is 6.76. The van der Waals surface area contributed by atoms with Gasteiger partial charge in [0.2, 0.25) is 0 Å². The summed E-state index contributed by atoms with van der Waals surface area (Å²) >= 11 is 1.77. The lowest BCUT2D eigenvalue weighted by molar-refractivity contribution is 0.834. The molecule has 2 nitrogen and oxygen atoms in total. The van der Waals surface area contributed by atoms with E-state index >= 15 is 0 Å². The van der Waals surface area contributed by atoms with E-state index in [1.54, 1.807) is 11.3 Å². The van der Waals surface area contributed by atoms with Crippen LogP contribution in [0.1, 0.15) is 38.0 Å². The van der Waals surface area contributed by atoms with Gasteiger partial charge in [0.25, 0.3) is 0 Å². The van der Waals surface area contributed by atoms with E-state index < -0.39 is 0 Å². The van der Waals surface area contributed by atoms with Crippen LogP contribution in [0.3, 0.4) is 0 Å². The van der Waals surface area contributed by atoms with E-state index in [0.29, 0.717) is 6.04 Å². The third-order valence-electron chi connectivity index (χ3n) is 2.55. The Hall–Kier alpha value is -0.960. The average molecular weight is 234 g/mol. The van der Waals surface area contributed by atoms with Crippen molar-refractivity contribution >= 4 is 22.8 Å². The molecule has 2 rings (SSSR count). The molecule has 0 amide bonds. The van der Waals surface area contributed by atoms with Gasteiger partial charge in [0.15, 0.2) is 0 Å². The summed E-state index contributed by atoms with van der Waals surface area (Å²) in [5, 5.41) is 2.11. The summed E-state index contributed by atoms with van der Waals surface area (Å²) in [4.78, 5) is 10.6. The highest BCUT2D eigenvalue weighted by Gasteiger charge is 2.12. The average Bonchev–Trinajstić information content (AvgIpc) is 2.88. The van der Waals surface area contributed by atoms with Crippen molar-refractivity contribution in [1.29, 1.82) is 0 Å². The van der Waals surface area contributed by atoms with Crippen molar-refractivity contribution in [2.45, 2.75) is 39.2 Å². The SMILES string of the molecule is CC(C)N=C(CC1=NCCC1)c1cccs1. The Labute approximate surface area is 101 Å². The maximum absolute atomic E-state index is 4.73. The standard InChI is InChI=1S/C13H18N2S/c1-10(2)15-12(13-6-4-8-16-13)9-11-5-3-7-14-11/h4,6,8,10H,3,5,7,9H2,1-2H3. The fraction of sp³-hybridized carbons (Fsp3) is 0.538. The highest BCUT2D eigenvalue weighted by molar-refractivity contribution is 7.12. The molecule has 0 saturated carbocycles. The van der Waals surface area contributed by atoms with Crippen LogP contribution in [0.5, 0.6) is 0 Å². The number of hydrogen-bond acceptors (Lipinski definition) is 3. The Morgan fingerprint density at radius 2 is 2.44 bits per heavy atom. The van der Waals surface area contributed by atoms with Crippen LogP contribution in [0.2, 0.25) is 0 Å². The third-order valence-corrected chi connectivity index (χ3v) is 3.47. The molecule has 0 spiro atoms. The van der Waals surface area contributed by atoms with Gasteiger partial charge in [-0.1, -0.05) is 6.07 Å². The molecule has 0 saturated heterocycles. The van der Waals surface area contributed by atoms with Crippen LogP contribution in [-0.2, 0) is 0 Å². The van der Waals surface area contributed by atoms with Crippen LogP contribution in [0.4, 0.5) is 0 Å². The number of rotatable bonds is 4. The first-order valence-electron chi connectivity index (χ1n) is 5.88. The fourth-order valence-corrected chi connectivity index (χ4v) is 2.61. The molecule has 0 fully saturated rings. The van der Waals surface area contributed by atoms with Crippen LogP contribution in [-0.4, -0.2) is 24.0 Å². The molecular weight excluding hydrogens is 216 g/mol. The fourth-order valence-electron chi connectivity index (χ4n) is 1.89. The highest BCUT2D eigenvalue weighted by atomic mass is 32.1. The predicted molar refractivity (Wildman–Crippen MR) is 72.1 cm³/mol. The van der Waals surface area contributed by atoms with E-state index in [0.717, 1.165) is 19.4 Å². The highest BCUT2D eigenvalue weighted by Crippen LogP contribution is 2.17. The summed E-state index contributed by atoms with van der Waals surface area (Å²) in [6.07, 6.45) is 3.32. The van der Waals surface area contributed by atoms with Gasteiger partial charge in [-0.25, -0.2) is 0 Å². The minimum Gasteiger partial charge on any atom is -0.294 e.